The zero-order valence-electron chi connectivity index (χ0n) is 16.9. The zero-order valence-corrected chi connectivity index (χ0v) is 18.5. The summed E-state index contributed by atoms with van der Waals surface area (Å²) >= 11 is 3.92. The Balaban J connectivity index is 1.62. The second kappa shape index (κ2) is 11.7. The molecule has 0 spiro atoms. The van der Waals surface area contributed by atoms with Crippen molar-refractivity contribution in [2.75, 3.05) is 11.5 Å². The van der Waals surface area contributed by atoms with Crippen LogP contribution in [0.4, 0.5) is 0 Å². The molecule has 0 bridgehead atoms. The van der Waals surface area contributed by atoms with Crippen molar-refractivity contribution in [3.8, 4) is 11.1 Å². The Labute approximate surface area is 184 Å². The van der Waals surface area contributed by atoms with E-state index >= 15 is 0 Å². The summed E-state index contributed by atoms with van der Waals surface area (Å²) in [4.78, 5) is 0. The van der Waals surface area contributed by atoms with Crippen LogP contribution in [0.3, 0.4) is 0 Å². The van der Waals surface area contributed by atoms with Gasteiger partial charge in [0, 0.05) is 11.5 Å². The largest absolute Gasteiger partial charge is 0.139 e. The molecule has 3 aromatic carbocycles. The molecule has 2 atom stereocenters. The summed E-state index contributed by atoms with van der Waals surface area (Å²) < 4.78 is 0.412. The fourth-order valence-corrected chi connectivity index (χ4v) is 5.39. The quantitative estimate of drug-likeness (QED) is 0.240. The molecule has 0 fully saturated rings. The highest BCUT2D eigenvalue weighted by Crippen LogP contribution is 2.40. The van der Waals surface area contributed by atoms with Gasteiger partial charge in [0.2, 0.25) is 0 Å². The van der Waals surface area contributed by atoms with Crippen LogP contribution in [0.25, 0.3) is 11.1 Å². The van der Waals surface area contributed by atoms with Crippen LogP contribution >= 0.6 is 23.5 Å². The maximum Gasteiger partial charge on any atom is 0.0757 e. The highest BCUT2D eigenvalue weighted by molar-refractivity contribution is 8.16. The molecule has 148 valence electrons. The molecule has 0 nitrogen and oxygen atoms in total. The van der Waals surface area contributed by atoms with Gasteiger partial charge in [0.1, 0.15) is 0 Å². The highest BCUT2D eigenvalue weighted by Gasteiger charge is 2.12. The highest BCUT2D eigenvalue weighted by atomic mass is 32.2. The lowest BCUT2D eigenvalue weighted by Gasteiger charge is -2.16. The smallest absolute Gasteiger partial charge is 0.0757 e. The third-order valence-corrected chi connectivity index (χ3v) is 7.53. The van der Waals surface area contributed by atoms with E-state index in [0.717, 1.165) is 11.5 Å². The van der Waals surface area contributed by atoms with Crippen LogP contribution in [0.5, 0.6) is 0 Å². The summed E-state index contributed by atoms with van der Waals surface area (Å²) in [7, 11) is 0. The van der Waals surface area contributed by atoms with Gasteiger partial charge in [-0.25, -0.2) is 0 Å². The fraction of sp³-hybridized carbons (Fsp3) is 0.185. The van der Waals surface area contributed by atoms with Crippen molar-refractivity contribution < 1.29 is 0 Å². The Morgan fingerprint density at radius 3 is 1.97 bits per heavy atom. The Bertz CT molecular complexity index is 883. The molecule has 0 aromatic heterocycles. The van der Waals surface area contributed by atoms with E-state index in [4.69, 9.17) is 0 Å². The van der Waals surface area contributed by atoms with E-state index in [1.54, 1.807) is 0 Å². The molecular weight excluding hydrogens is 388 g/mol. The number of rotatable bonds is 10. The van der Waals surface area contributed by atoms with Crippen molar-refractivity contribution in [1.29, 1.82) is 0 Å². The lowest BCUT2D eigenvalue weighted by Crippen LogP contribution is -1.93. The number of thioether (sulfide) groups is 2. The first-order valence-electron chi connectivity index (χ1n) is 9.99. The predicted octanol–water partition coefficient (Wildman–Crippen LogP) is 8.36. The molecule has 0 heterocycles. The van der Waals surface area contributed by atoms with Gasteiger partial charge in [0.15, 0.2) is 0 Å². The van der Waals surface area contributed by atoms with Crippen molar-refractivity contribution >= 4 is 23.5 Å². The van der Waals surface area contributed by atoms with Gasteiger partial charge in [-0.05, 0) is 28.2 Å². The van der Waals surface area contributed by atoms with Gasteiger partial charge in [0.05, 0.1) is 4.58 Å². The molecule has 0 saturated heterocycles. The van der Waals surface area contributed by atoms with Crippen molar-refractivity contribution in [2.24, 2.45) is 0 Å². The molecule has 3 aromatic rings. The van der Waals surface area contributed by atoms with E-state index in [1.807, 2.05) is 29.6 Å². The van der Waals surface area contributed by atoms with Crippen LogP contribution in [-0.2, 0) is 0 Å². The summed E-state index contributed by atoms with van der Waals surface area (Å²) in [5.74, 6) is 2.41. The number of hydrogen-bond donors (Lipinski definition) is 0. The van der Waals surface area contributed by atoms with E-state index in [0.29, 0.717) is 10.5 Å². The summed E-state index contributed by atoms with van der Waals surface area (Å²) in [6.07, 6.45) is 6.61. The first kappa shape index (κ1) is 21.5. The lowest BCUT2D eigenvalue weighted by atomic mass is 10.0. The van der Waals surface area contributed by atoms with Crippen LogP contribution < -0.4 is 0 Å². The Kier molecular flexibility index (Phi) is 8.73. The van der Waals surface area contributed by atoms with Crippen LogP contribution in [0.15, 0.2) is 110 Å². The second-order valence-corrected chi connectivity index (χ2v) is 9.48. The maximum absolute atomic E-state index is 3.89. The van der Waals surface area contributed by atoms with Gasteiger partial charge in [-0.1, -0.05) is 110 Å². The fourth-order valence-electron chi connectivity index (χ4n) is 3.13. The van der Waals surface area contributed by atoms with Crippen molar-refractivity contribution in [2.45, 2.75) is 17.4 Å². The summed E-state index contributed by atoms with van der Waals surface area (Å²) in [5.41, 5.74) is 5.26. The van der Waals surface area contributed by atoms with Gasteiger partial charge >= 0.3 is 0 Å². The first-order chi connectivity index (χ1) is 14.3. The minimum Gasteiger partial charge on any atom is -0.139 e. The van der Waals surface area contributed by atoms with E-state index in [2.05, 4.69) is 111 Å². The van der Waals surface area contributed by atoms with Gasteiger partial charge in [-0.15, -0.1) is 30.1 Å². The number of benzene rings is 3. The molecular formula is C27H28S2. The maximum atomic E-state index is 3.89. The Morgan fingerprint density at radius 1 is 0.724 bits per heavy atom. The van der Waals surface area contributed by atoms with Gasteiger partial charge in [-0.2, -0.15) is 0 Å². The molecule has 0 aliphatic carbocycles. The van der Waals surface area contributed by atoms with Crippen molar-refractivity contribution in [1.82, 2.24) is 0 Å². The third kappa shape index (κ3) is 6.69. The van der Waals surface area contributed by atoms with E-state index in [1.165, 1.54) is 22.3 Å². The molecule has 0 aliphatic rings. The van der Waals surface area contributed by atoms with Crippen LogP contribution in [-0.4, -0.2) is 11.5 Å². The SMILES string of the molecule is C=CCSC(SC/C=C/C(C)c1ccccc1)c1ccc(-c2ccccc2)cc1. The first-order valence-corrected chi connectivity index (χ1v) is 12.1. The molecule has 0 amide bonds. The van der Waals surface area contributed by atoms with Gasteiger partial charge in [0.25, 0.3) is 0 Å². The summed E-state index contributed by atoms with van der Waals surface area (Å²) in [6, 6.07) is 30.2. The minimum atomic E-state index is 0.412. The molecule has 2 unspecified atom stereocenters. The van der Waals surface area contributed by atoms with Crippen molar-refractivity contribution in [3.63, 3.8) is 0 Å². The van der Waals surface area contributed by atoms with Crippen LogP contribution in [0.2, 0.25) is 0 Å². The number of allylic oxidation sites excluding steroid dienone is 1. The molecule has 0 N–H and O–H groups in total. The topological polar surface area (TPSA) is 0 Å². The normalized spacial score (nSPS) is 13.3. The molecule has 0 aliphatic heterocycles. The summed E-state index contributed by atoms with van der Waals surface area (Å²) in [5, 5.41) is 0. The second-order valence-electron chi connectivity index (χ2n) is 6.90. The average Bonchev–Trinajstić information content (AvgIpc) is 2.80. The van der Waals surface area contributed by atoms with Crippen LogP contribution in [0, 0.1) is 0 Å². The van der Waals surface area contributed by atoms with E-state index in [-0.39, 0.29) is 0 Å². The zero-order chi connectivity index (χ0) is 20.3. The molecule has 29 heavy (non-hydrogen) atoms. The minimum absolute atomic E-state index is 0.412. The average molecular weight is 417 g/mol. The molecule has 2 heteroatoms. The van der Waals surface area contributed by atoms with E-state index < -0.39 is 0 Å². The number of hydrogen-bond acceptors (Lipinski definition) is 2. The van der Waals surface area contributed by atoms with Crippen LogP contribution in [0.1, 0.15) is 28.6 Å². The standard InChI is InChI=1S/C27H28S2/c1-3-20-28-27(29-21-10-11-22(2)23-12-6-4-7-13-23)26-18-16-25(17-19-26)24-14-8-5-9-15-24/h3-19,22,27H,1,20-21H2,2H3/b11-10+. The Hall–Kier alpha value is -2.16. The van der Waals surface area contributed by atoms with E-state index in [9.17, 15) is 0 Å². The van der Waals surface area contributed by atoms with Crippen molar-refractivity contribution in [3.05, 3.63) is 121 Å². The molecule has 3 rings (SSSR count). The summed E-state index contributed by atoms with van der Waals surface area (Å²) in [6.45, 7) is 6.14. The third-order valence-electron chi connectivity index (χ3n) is 4.75. The van der Waals surface area contributed by atoms with Gasteiger partial charge in [-0.3, -0.25) is 0 Å². The Morgan fingerprint density at radius 2 is 1.31 bits per heavy atom. The molecule has 0 saturated carbocycles. The lowest BCUT2D eigenvalue weighted by molar-refractivity contribution is 0.965. The van der Waals surface area contributed by atoms with Gasteiger partial charge < -0.3 is 0 Å². The molecule has 0 radical (unpaired) electrons. The monoisotopic (exact) mass is 416 g/mol. The predicted molar refractivity (Wildman–Crippen MR) is 134 cm³/mol.